The molecule has 0 fully saturated rings. The van der Waals surface area contributed by atoms with Crippen LogP contribution in [0.15, 0.2) is 47.3 Å². The van der Waals surface area contributed by atoms with E-state index in [1.165, 1.54) is 11.3 Å². The van der Waals surface area contributed by atoms with Crippen molar-refractivity contribution in [2.75, 3.05) is 5.32 Å². The number of carbonyl (C=O) groups is 1. The zero-order valence-electron chi connectivity index (χ0n) is 15.3. The van der Waals surface area contributed by atoms with Crippen LogP contribution in [0.5, 0.6) is 5.75 Å². The number of hydrogen-bond donors (Lipinski definition) is 1. The first-order chi connectivity index (χ1) is 12.4. The van der Waals surface area contributed by atoms with E-state index in [1.807, 2.05) is 63.2 Å². The Bertz CT molecular complexity index is 1000. The number of fused-ring (bicyclic) bond motifs is 1. The van der Waals surface area contributed by atoms with E-state index in [2.05, 4.69) is 5.32 Å². The molecular weight excluding hydrogens is 348 g/mol. The fraction of sp³-hybridized carbons (Fsp3) is 0.300. The minimum atomic E-state index is -0.634. The van der Waals surface area contributed by atoms with Crippen LogP contribution in [-0.2, 0) is 4.79 Å². The van der Waals surface area contributed by atoms with Crippen molar-refractivity contribution in [3.8, 4) is 5.75 Å². The molecule has 6 heteroatoms. The molecule has 0 spiro atoms. The molecular formula is C20H22N2O3S. The lowest BCUT2D eigenvalue weighted by Gasteiger charge is -2.16. The number of carbonyl (C=O) groups excluding carboxylic acids is 1. The van der Waals surface area contributed by atoms with E-state index >= 15 is 0 Å². The van der Waals surface area contributed by atoms with Gasteiger partial charge in [-0.25, -0.2) is 0 Å². The number of para-hydroxylation sites is 1. The van der Waals surface area contributed by atoms with E-state index in [0.717, 1.165) is 15.8 Å². The lowest BCUT2D eigenvalue weighted by molar-refractivity contribution is -0.122. The molecule has 1 aromatic heterocycles. The summed E-state index contributed by atoms with van der Waals surface area (Å²) in [7, 11) is 0. The molecule has 0 radical (unpaired) electrons. The monoisotopic (exact) mass is 370 g/mol. The molecule has 0 aliphatic rings. The van der Waals surface area contributed by atoms with Crippen molar-refractivity contribution in [2.45, 2.75) is 39.8 Å². The van der Waals surface area contributed by atoms with Crippen molar-refractivity contribution in [3.63, 3.8) is 0 Å². The molecule has 1 N–H and O–H groups in total. The van der Waals surface area contributed by atoms with Gasteiger partial charge in [0.1, 0.15) is 5.75 Å². The van der Waals surface area contributed by atoms with Crippen LogP contribution in [0, 0.1) is 6.92 Å². The van der Waals surface area contributed by atoms with E-state index in [9.17, 15) is 9.59 Å². The highest BCUT2D eigenvalue weighted by Gasteiger charge is 2.17. The van der Waals surface area contributed by atoms with Gasteiger partial charge in [-0.3, -0.25) is 14.2 Å². The molecule has 2 aromatic carbocycles. The maximum Gasteiger partial charge on any atom is 0.308 e. The third-order valence-electron chi connectivity index (χ3n) is 4.16. The number of amides is 1. The number of rotatable bonds is 5. The predicted octanol–water partition coefficient (Wildman–Crippen LogP) is 4.36. The molecule has 0 saturated heterocycles. The first kappa shape index (κ1) is 18.2. The molecule has 0 saturated carbocycles. The van der Waals surface area contributed by atoms with Gasteiger partial charge in [-0.05, 0) is 57.5 Å². The fourth-order valence-corrected chi connectivity index (χ4v) is 3.83. The zero-order valence-corrected chi connectivity index (χ0v) is 16.1. The summed E-state index contributed by atoms with van der Waals surface area (Å²) in [5.74, 6) is 0.459. The van der Waals surface area contributed by atoms with Crippen LogP contribution in [0.1, 0.15) is 32.4 Å². The zero-order chi connectivity index (χ0) is 18.8. The van der Waals surface area contributed by atoms with Gasteiger partial charge in [0.2, 0.25) is 0 Å². The number of nitrogens with zero attached hydrogens (tertiary/aromatic N) is 1. The first-order valence-electron chi connectivity index (χ1n) is 8.55. The second-order valence-corrected chi connectivity index (χ2v) is 7.52. The topological polar surface area (TPSA) is 60.3 Å². The molecule has 3 aromatic rings. The summed E-state index contributed by atoms with van der Waals surface area (Å²) >= 11 is 1.19. The van der Waals surface area contributed by atoms with Gasteiger partial charge in [-0.15, -0.1) is 0 Å². The quantitative estimate of drug-likeness (QED) is 0.726. The van der Waals surface area contributed by atoms with Gasteiger partial charge in [0.05, 0.1) is 10.2 Å². The molecule has 5 nitrogen and oxygen atoms in total. The van der Waals surface area contributed by atoms with Crippen LogP contribution in [0.4, 0.5) is 5.69 Å². The number of thiazole rings is 1. The van der Waals surface area contributed by atoms with Crippen LogP contribution in [-0.4, -0.2) is 16.6 Å². The van der Waals surface area contributed by atoms with Gasteiger partial charge in [0, 0.05) is 11.7 Å². The molecule has 0 aliphatic carbocycles. The number of anilines is 1. The smallest absolute Gasteiger partial charge is 0.308 e. The maximum atomic E-state index is 12.4. The van der Waals surface area contributed by atoms with E-state index in [1.54, 1.807) is 11.5 Å². The number of benzene rings is 2. The van der Waals surface area contributed by atoms with E-state index in [-0.39, 0.29) is 16.8 Å². The molecule has 0 aliphatic heterocycles. The van der Waals surface area contributed by atoms with Gasteiger partial charge in [-0.1, -0.05) is 29.5 Å². The molecule has 1 heterocycles. The van der Waals surface area contributed by atoms with E-state index < -0.39 is 6.10 Å². The number of aryl methyl sites for hydroxylation is 1. The van der Waals surface area contributed by atoms with Crippen LogP contribution in [0.2, 0.25) is 0 Å². The third kappa shape index (κ3) is 3.65. The summed E-state index contributed by atoms with van der Waals surface area (Å²) in [5, 5.41) is 2.86. The Hall–Kier alpha value is -2.60. The number of aromatic nitrogens is 1. The highest BCUT2D eigenvalue weighted by atomic mass is 32.1. The summed E-state index contributed by atoms with van der Waals surface area (Å²) in [6.07, 6.45) is -0.634. The standard InChI is InChI=1S/C20H22N2O3S/c1-12(2)22-16-10-9-15(11-18(16)26-20(22)24)21-19(23)14(4)25-17-8-6-5-7-13(17)3/h5-12,14H,1-4H3,(H,21,23). The third-order valence-corrected chi connectivity index (χ3v) is 5.08. The summed E-state index contributed by atoms with van der Waals surface area (Å²) < 4.78 is 8.37. The Kier molecular flexibility index (Phi) is 5.13. The van der Waals surface area contributed by atoms with Gasteiger partial charge in [-0.2, -0.15) is 0 Å². The molecule has 1 unspecified atom stereocenters. The summed E-state index contributed by atoms with van der Waals surface area (Å²) in [5.41, 5.74) is 2.52. The van der Waals surface area contributed by atoms with Gasteiger partial charge in [0.15, 0.2) is 6.10 Å². The van der Waals surface area contributed by atoms with E-state index in [0.29, 0.717) is 11.4 Å². The first-order valence-corrected chi connectivity index (χ1v) is 9.36. The van der Waals surface area contributed by atoms with Crippen LogP contribution < -0.4 is 14.9 Å². The van der Waals surface area contributed by atoms with Crippen molar-refractivity contribution in [3.05, 3.63) is 57.7 Å². The normalized spacial score (nSPS) is 12.3. The Balaban J connectivity index is 1.77. The highest BCUT2D eigenvalue weighted by Crippen LogP contribution is 2.24. The molecule has 0 bridgehead atoms. The van der Waals surface area contributed by atoms with Crippen LogP contribution >= 0.6 is 11.3 Å². The molecule has 26 heavy (non-hydrogen) atoms. The second-order valence-electron chi connectivity index (χ2n) is 6.53. The lowest BCUT2D eigenvalue weighted by atomic mass is 10.2. The minimum absolute atomic E-state index is 0.00901. The fourth-order valence-electron chi connectivity index (χ4n) is 2.78. The lowest BCUT2D eigenvalue weighted by Crippen LogP contribution is -2.30. The highest BCUT2D eigenvalue weighted by molar-refractivity contribution is 7.16. The van der Waals surface area contributed by atoms with Gasteiger partial charge in [0.25, 0.3) is 5.91 Å². The number of hydrogen-bond acceptors (Lipinski definition) is 4. The summed E-state index contributed by atoms with van der Waals surface area (Å²) in [4.78, 5) is 24.6. The molecule has 1 amide bonds. The predicted molar refractivity (Wildman–Crippen MR) is 106 cm³/mol. The summed E-state index contributed by atoms with van der Waals surface area (Å²) in [6.45, 7) is 7.62. The Morgan fingerprint density at radius 1 is 1.15 bits per heavy atom. The van der Waals surface area contributed by atoms with Crippen molar-refractivity contribution < 1.29 is 9.53 Å². The summed E-state index contributed by atoms with van der Waals surface area (Å²) in [6, 6.07) is 13.2. The maximum absolute atomic E-state index is 12.4. The Labute approximate surface area is 156 Å². The molecule has 136 valence electrons. The average molecular weight is 370 g/mol. The van der Waals surface area contributed by atoms with E-state index in [4.69, 9.17) is 4.74 Å². The van der Waals surface area contributed by atoms with Crippen LogP contribution in [0.3, 0.4) is 0 Å². The number of ether oxygens (including phenoxy) is 1. The Morgan fingerprint density at radius 3 is 2.58 bits per heavy atom. The van der Waals surface area contributed by atoms with Crippen molar-refractivity contribution in [1.82, 2.24) is 4.57 Å². The largest absolute Gasteiger partial charge is 0.481 e. The van der Waals surface area contributed by atoms with Crippen molar-refractivity contribution in [2.24, 2.45) is 0 Å². The SMILES string of the molecule is Cc1ccccc1OC(C)C(=O)Nc1ccc2c(c1)sc(=O)n2C(C)C. The number of nitrogens with one attached hydrogen (secondary N) is 1. The second kappa shape index (κ2) is 7.33. The van der Waals surface area contributed by atoms with Crippen LogP contribution in [0.25, 0.3) is 10.2 Å². The van der Waals surface area contributed by atoms with Gasteiger partial charge < -0.3 is 10.1 Å². The molecule has 1 atom stereocenters. The minimum Gasteiger partial charge on any atom is -0.481 e. The average Bonchev–Trinajstić information content (AvgIpc) is 2.92. The van der Waals surface area contributed by atoms with Crippen molar-refractivity contribution in [1.29, 1.82) is 0 Å². The van der Waals surface area contributed by atoms with Crippen molar-refractivity contribution >= 4 is 33.1 Å². The Morgan fingerprint density at radius 2 is 1.88 bits per heavy atom. The molecule has 3 rings (SSSR count). The van der Waals surface area contributed by atoms with Gasteiger partial charge >= 0.3 is 4.87 Å².